The standard InChI is InChI=1S/C15H15N3O2/c1-12-5-7-13(8-6-12)15(20)17-16-14(19)11-18-9-3-2-4-10-18/h2-10H,11H2,1H3,(H-,16,17,19,20)/p+1. The van der Waals surface area contributed by atoms with Crippen LogP contribution in [-0.4, -0.2) is 11.8 Å². The Balaban J connectivity index is 1.84. The van der Waals surface area contributed by atoms with Gasteiger partial charge in [0.05, 0.1) is 0 Å². The first-order valence-corrected chi connectivity index (χ1v) is 6.25. The summed E-state index contributed by atoms with van der Waals surface area (Å²) in [5.41, 5.74) is 6.35. The van der Waals surface area contributed by atoms with Crippen LogP contribution >= 0.6 is 0 Å². The molecule has 0 saturated carbocycles. The fraction of sp³-hybridized carbons (Fsp3) is 0.133. The minimum Gasteiger partial charge on any atom is -0.267 e. The van der Waals surface area contributed by atoms with Gasteiger partial charge in [-0.3, -0.25) is 20.4 Å². The zero-order chi connectivity index (χ0) is 14.4. The van der Waals surface area contributed by atoms with E-state index in [1.165, 1.54) is 0 Å². The van der Waals surface area contributed by atoms with Crippen LogP contribution in [0, 0.1) is 6.92 Å². The molecule has 2 rings (SSSR count). The maximum atomic E-state index is 11.8. The minimum absolute atomic E-state index is 0.148. The fourth-order valence-corrected chi connectivity index (χ4v) is 1.65. The molecule has 0 saturated heterocycles. The third-order valence-electron chi connectivity index (χ3n) is 2.73. The van der Waals surface area contributed by atoms with Crippen LogP contribution < -0.4 is 15.4 Å². The van der Waals surface area contributed by atoms with Crippen molar-refractivity contribution >= 4 is 11.8 Å². The molecule has 0 unspecified atom stereocenters. The van der Waals surface area contributed by atoms with Gasteiger partial charge >= 0.3 is 5.91 Å². The second kappa shape index (κ2) is 6.47. The molecule has 0 aliphatic carbocycles. The number of nitrogens with zero attached hydrogens (tertiary/aromatic N) is 1. The van der Waals surface area contributed by atoms with Crippen molar-refractivity contribution in [2.24, 2.45) is 0 Å². The quantitative estimate of drug-likeness (QED) is 0.638. The molecule has 0 aliphatic heterocycles. The Morgan fingerprint density at radius 1 is 1.00 bits per heavy atom. The Hall–Kier alpha value is -2.69. The summed E-state index contributed by atoms with van der Waals surface area (Å²) in [6.45, 7) is 2.09. The summed E-state index contributed by atoms with van der Waals surface area (Å²) in [4.78, 5) is 23.4. The molecule has 2 aromatic rings. The number of amides is 2. The van der Waals surface area contributed by atoms with E-state index in [-0.39, 0.29) is 18.4 Å². The third-order valence-corrected chi connectivity index (χ3v) is 2.73. The molecule has 1 aromatic carbocycles. The number of hydrogen-bond acceptors (Lipinski definition) is 2. The molecule has 0 aliphatic rings. The largest absolute Gasteiger partial charge is 0.304 e. The van der Waals surface area contributed by atoms with Crippen LogP contribution in [0.5, 0.6) is 0 Å². The molecule has 5 heteroatoms. The highest BCUT2D eigenvalue weighted by atomic mass is 16.2. The number of pyridine rings is 1. The van der Waals surface area contributed by atoms with Crippen molar-refractivity contribution in [3.63, 3.8) is 0 Å². The number of benzene rings is 1. The SMILES string of the molecule is Cc1ccc(C(=O)NNC(=O)C[n+]2ccccc2)cc1. The lowest BCUT2D eigenvalue weighted by Crippen LogP contribution is -2.48. The molecule has 0 spiro atoms. The lowest BCUT2D eigenvalue weighted by molar-refractivity contribution is -0.684. The molecule has 2 N–H and O–H groups in total. The van der Waals surface area contributed by atoms with E-state index in [1.54, 1.807) is 29.1 Å². The number of hydrogen-bond donors (Lipinski definition) is 2. The molecular weight excluding hydrogens is 254 g/mol. The molecule has 102 valence electrons. The van der Waals surface area contributed by atoms with Gasteiger partial charge in [-0.25, -0.2) is 0 Å². The summed E-state index contributed by atoms with van der Waals surface area (Å²) in [6, 6.07) is 12.6. The summed E-state index contributed by atoms with van der Waals surface area (Å²) >= 11 is 0. The van der Waals surface area contributed by atoms with E-state index >= 15 is 0 Å². The Bertz CT molecular complexity index is 594. The van der Waals surface area contributed by atoms with Gasteiger partial charge in [0.15, 0.2) is 12.4 Å². The molecule has 20 heavy (non-hydrogen) atoms. The van der Waals surface area contributed by atoms with Crippen LogP contribution in [0.3, 0.4) is 0 Å². The van der Waals surface area contributed by atoms with Crippen molar-refractivity contribution in [1.82, 2.24) is 10.9 Å². The van der Waals surface area contributed by atoms with Crippen molar-refractivity contribution in [2.45, 2.75) is 13.5 Å². The number of rotatable bonds is 3. The molecule has 2 amide bonds. The maximum absolute atomic E-state index is 11.8. The number of carbonyl (C=O) groups excluding carboxylic acids is 2. The normalized spacial score (nSPS) is 9.85. The summed E-state index contributed by atoms with van der Waals surface area (Å²) < 4.78 is 1.72. The highest BCUT2D eigenvalue weighted by Gasteiger charge is 2.10. The predicted octanol–water partition coefficient (Wildman–Crippen LogP) is 0.744. The highest BCUT2D eigenvalue weighted by Crippen LogP contribution is 2.02. The molecule has 0 bridgehead atoms. The maximum Gasteiger partial charge on any atom is 0.304 e. The lowest BCUT2D eigenvalue weighted by atomic mass is 10.1. The average molecular weight is 270 g/mol. The molecule has 1 heterocycles. The zero-order valence-corrected chi connectivity index (χ0v) is 11.2. The van der Waals surface area contributed by atoms with E-state index < -0.39 is 0 Å². The summed E-state index contributed by atoms with van der Waals surface area (Å²) in [6.07, 6.45) is 3.56. The summed E-state index contributed by atoms with van der Waals surface area (Å²) in [5.74, 6) is -0.627. The Morgan fingerprint density at radius 2 is 1.65 bits per heavy atom. The van der Waals surface area contributed by atoms with Gasteiger partial charge in [-0.15, -0.1) is 0 Å². The van der Waals surface area contributed by atoms with E-state index in [0.717, 1.165) is 5.56 Å². The second-order valence-corrected chi connectivity index (χ2v) is 4.42. The van der Waals surface area contributed by atoms with Gasteiger partial charge in [0, 0.05) is 17.7 Å². The molecule has 1 aromatic heterocycles. The topological polar surface area (TPSA) is 62.1 Å². The van der Waals surface area contributed by atoms with Gasteiger partial charge in [-0.2, -0.15) is 4.57 Å². The van der Waals surface area contributed by atoms with Crippen LogP contribution in [-0.2, 0) is 11.3 Å². The third kappa shape index (κ3) is 3.91. The van der Waals surface area contributed by atoms with Gasteiger partial charge in [0.25, 0.3) is 5.91 Å². The molecule has 5 nitrogen and oxygen atoms in total. The Kier molecular flexibility index (Phi) is 4.44. The first-order valence-electron chi connectivity index (χ1n) is 6.25. The smallest absolute Gasteiger partial charge is 0.267 e. The van der Waals surface area contributed by atoms with E-state index in [9.17, 15) is 9.59 Å². The van der Waals surface area contributed by atoms with Gasteiger partial charge in [0.2, 0.25) is 6.54 Å². The summed E-state index contributed by atoms with van der Waals surface area (Å²) in [5, 5.41) is 0. The van der Waals surface area contributed by atoms with E-state index in [4.69, 9.17) is 0 Å². The van der Waals surface area contributed by atoms with Crippen LogP contribution in [0.2, 0.25) is 0 Å². The van der Waals surface area contributed by atoms with Gasteiger partial charge < -0.3 is 0 Å². The zero-order valence-electron chi connectivity index (χ0n) is 11.2. The molecular formula is C15H16N3O2+. The van der Waals surface area contributed by atoms with Crippen LogP contribution in [0.25, 0.3) is 0 Å². The number of hydrazine groups is 1. The summed E-state index contributed by atoms with van der Waals surface area (Å²) in [7, 11) is 0. The Labute approximate surface area is 117 Å². The van der Waals surface area contributed by atoms with Gasteiger partial charge in [0.1, 0.15) is 0 Å². The van der Waals surface area contributed by atoms with Crippen LogP contribution in [0.4, 0.5) is 0 Å². The predicted molar refractivity (Wildman–Crippen MR) is 73.4 cm³/mol. The lowest BCUT2D eigenvalue weighted by Gasteiger charge is -2.06. The van der Waals surface area contributed by atoms with E-state index in [1.807, 2.05) is 37.3 Å². The molecule has 0 fully saturated rings. The van der Waals surface area contributed by atoms with Crippen molar-refractivity contribution in [3.05, 3.63) is 66.0 Å². The average Bonchev–Trinajstić information content (AvgIpc) is 2.46. The van der Waals surface area contributed by atoms with Crippen LogP contribution in [0.1, 0.15) is 15.9 Å². The molecule has 0 atom stereocenters. The number of carbonyl (C=O) groups is 2. The highest BCUT2D eigenvalue weighted by molar-refractivity contribution is 5.95. The minimum atomic E-state index is -0.337. The van der Waals surface area contributed by atoms with Crippen molar-refractivity contribution in [3.8, 4) is 0 Å². The fourth-order valence-electron chi connectivity index (χ4n) is 1.65. The number of aryl methyl sites for hydroxylation is 1. The molecule has 0 radical (unpaired) electrons. The van der Waals surface area contributed by atoms with Crippen molar-refractivity contribution in [1.29, 1.82) is 0 Å². The van der Waals surface area contributed by atoms with Gasteiger partial charge in [-0.1, -0.05) is 23.8 Å². The van der Waals surface area contributed by atoms with Gasteiger partial charge in [-0.05, 0) is 19.1 Å². The number of aromatic nitrogens is 1. The first-order chi connectivity index (χ1) is 9.65. The first kappa shape index (κ1) is 13.7. The van der Waals surface area contributed by atoms with E-state index in [2.05, 4.69) is 10.9 Å². The van der Waals surface area contributed by atoms with Crippen molar-refractivity contribution in [2.75, 3.05) is 0 Å². The van der Waals surface area contributed by atoms with Crippen molar-refractivity contribution < 1.29 is 14.2 Å². The van der Waals surface area contributed by atoms with E-state index in [0.29, 0.717) is 5.56 Å². The number of nitrogens with one attached hydrogen (secondary N) is 2. The Morgan fingerprint density at radius 3 is 2.30 bits per heavy atom. The monoisotopic (exact) mass is 270 g/mol. The van der Waals surface area contributed by atoms with Crippen LogP contribution in [0.15, 0.2) is 54.9 Å². The second-order valence-electron chi connectivity index (χ2n) is 4.42.